The van der Waals surface area contributed by atoms with E-state index in [0.29, 0.717) is 19.4 Å². The molecule has 0 rings (SSSR count). The minimum atomic E-state index is -0.855. The molecule has 0 saturated heterocycles. The Balaban J connectivity index is 3.51. The molecule has 0 aliphatic rings. The number of carbonyl (C=O) groups excluding carboxylic acids is 2. The second kappa shape index (κ2) is 50.0. The first-order valence-corrected chi connectivity index (χ1v) is 26.6. The summed E-state index contributed by atoms with van der Waals surface area (Å²) in [5.74, 6) is -0.103. The molecule has 0 aromatic rings. The standard InChI is InChI=1S/C54H103NO5/c1-3-5-7-9-11-13-15-17-18-19-20-21-22-23-26-30-34-38-42-46-52(57)51(50-56)55-53(58)47-43-39-35-31-27-24-25-29-33-37-41-45-49-60-54(59)48-44-40-36-32-28-16-14-12-10-8-6-4-2/h12,14,42,46,51-52,56-57H,3-11,13,15-41,43-45,47-50H2,1-2H3,(H,55,58)/b14-12-,46-42+. The number of hydrogen-bond acceptors (Lipinski definition) is 5. The van der Waals surface area contributed by atoms with Gasteiger partial charge in [-0.05, 0) is 57.8 Å². The Hall–Kier alpha value is -1.66. The number of unbranched alkanes of at least 4 members (excludes halogenated alkanes) is 36. The average Bonchev–Trinajstić information content (AvgIpc) is 3.25. The number of esters is 1. The van der Waals surface area contributed by atoms with Gasteiger partial charge in [0.25, 0.3) is 0 Å². The molecule has 6 heteroatoms. The second-order valence-corrected chi connectivity index (χ2v) is 18.2. The average molecular weight is 846 g/mol. The summed E-state index contributed by atoms with van der Waals surface area (Å²) in [4.78, 5) is 24.4. The number of amides is 1. The van der Waals surface area contributed by atoms with Crippen molar-refractivity contribution in [1.29, 1.82) is 0 Å². The normalized spacial score (nSPS) is 12.8. The number of aliphatic hydroxyl groups is 2. The lowest BCUT2D eigenvalue weighted by Gasteiger charge is -2.20. The van der Waals surface area contributed by atoms with Crippen molar-refractivity contribution >= 4 is 11.9 Å². The molecule has 0 spiro atoms. The SMILES string of the molecule is CCCCC/C=C\CCCCCCCC(=O)OCCCCCCCCCCCCCCC(=O)NC(CO)C(O)/C=C/CCCCCCCCCCCCCCCCCCC. The van der Waals surface area contributed by atoms with Crippen LogP contribution in [0.5, 0.6) is 0 Å². The van der Waals surface area contributed by atoms with Crippen molar-refractivity contribution < 1.29 is 24.5 Å². The van der Waals surface area contributed by atoms with Crippen molar-refractivity contribution in [2.75, 3.05) is 13.2 Å². The molecule has 2 atom stereocenters. The van der Waals surface area contributed by atoms with E-state index < -0.39 is 12.1 Å². The maximum atomic E-state index is 12.4. The fourth-order valence-corrected chi connectivity index (χ4v) is 8.10. The van der Waals surface area contributed by atoms with Crippen molar-refractivity contribution in [2.45, 2.75) is 296 Å². The number of ether oxygens (including phenoxy) is 1. The summed E-state index contributed by atoms with van der Waals surface area (Å²) in [6, 6.07) is -0.640. The minimum Gasteiger partial charge on any atom is -0.466 e. The zero-order valence-corrected chi connectivity index (χ0v) is 40.2. The van der Waals surface area contributed by atoms with E-state index in [4.69, 9.17) is 4.74 Å². The molecule has 0 aromatic carbocycles. The summed E-state index contributed by atoms with van der Waals surface area (Å²) in [6.45, 7) is 4.85. The topological polar surface area (TPSA) is 95.9 Å². The molecular weight excluding hydrogens is 743 g/mol. The van der Waals surface area contributed by atoms with Gasteiger partial charge in [-0.3, -0.25) is 9.59 Å². The number of carbonyl (C=O) groups is 2. The summed E-state index contributed by atoms with van der Waals surface area (Å²) in [5.41, 5.74) is 0. The van der Waals surface area contributed by atoms with Gasteiger partial charge >= 0.3 is 5.97 Å². The van der Waals surface area contributed by atoms with Crippen LogP contribution in [0.4, 0.5) is 0 Å². The smallest absolute Gasteiger partial charge is 0.305 e. The Kier molecular flexibility index (Phi) is 48.6. The number of hydrogen-bond donors (Lipinski definition) is 3. The Bertz CT molecular complexity index is 935. The quantitative estimate of drug-likeness (QED) is 0.0322. The minimum absolute atomic E-state index is 0.0208. The monoisotopic (exact) mass is 846 g/mol. The van der Waals surface area contributed by atoms with Crippen molar-refractivity contribution in [2.24, 2.45) is 0 Å². The first-order valence-electron chi connectivity index (χ1n) is 26.6. The van der Waals surface area contributed by atoms with E-state index in [1.165, 1.54) is 199 Å². The second-order valence-electron chi connectivity index (χ2n) is 18.2. The molecule has 0 fully saturated rings. The molecule has 354 valence electrons. The molecule has 0 aromatic heterocycles. The third kappa shape index (κ3) is 45.9. The molecule has 0 heterocycles. The van der Waals surface area contributed by atoms with E-state index in [9.17, 15) is 19.8 Å². The molecule has 60 heavy (non-hydrogen) atoms. The Morgan fingerprint density at radius 2 is 0.783 bits per heavy atom. The van der Waals surface area contributed by atoms with Crippen LogP contribution in [0.2, 0.25) is 0 Å². The van der Waals surface area contributed by atoms with E-state index in [1.807, 2.05) is 6.08 Å². The van der Waals surface area contributed by atoms with Crippen LogP contribution in [0.25, 0.3) is 0 Å². The predicted molar refractivity (Wildman–Crippen MR) is 260 cm³/mol. The fourth-order valence-electron chi connectivity index (χ4n) is 8.10. The summed E-state index contributed by atoms with van der Waals surface area (Å²) in [6.07, 6.45) is 58.9. The van der Waals surface area contributed by atoms with Crippen LogP contribution < -0.4 is 5.32 Å². The highest BCUT2D eigenvalue weighted by molar-refractivity contribution is 5.76. The van der Waals surface area contributed by atoms with Crippen molar-refractivity contribution in [1.82, 2.24) is 5.32 Å². The highest BCUT2D eigenvalue weighted by Gasteiger charge is 2.18. The van der Waals surface area contributed by atoms with Gasteiger partial charge in [-0.1, -0.05) is 237 Å². The molecule has 1 amide bonds. The molecule has 0 bridgehead atoms. The molecule has 2 unspecified atom stereocenters. The molecule has 0 radical (unpaired) electrons. The number of nitrogens with one attached hydrogen (secondary N) is 1. The van der Waals surface area contributed by atoms with Crippen LogP contribution in [-0.2, 0) is 14.3 Å². The van der Waals surface area contributed by atoms with Crippen molar-refractivity contribution in [3.05, 3.63) is 24.3 Å². The summed E-state index contributed by atoms with van der Waals surface area (Å²) < 4.78 is 5.44. The lowest BCUT2D eigenvalue weighted by Crippen LogP contribution is -2.45. The van der Waals surface area contributed by atoms with Gasteiger partial charge < -0.3 is 20.3 Å². The van der Waals surface area contributed by atoms with E-state index >= 15 is 0 Å². The van der Waals surface area contributed by atoms with Crippen LogP contribution in [-0.4, -0.2) is 47.4 Å². The van der Waals surface area contributed by atoms with Crippen molar-refractivity contribution in [3.8, 4) is 0 Å². The number of rotatable bonds is 49. The molecule has 0 aliphatic carbocycles. The van der Waals surface area contributed by atoms with Crippen molar-refractivity contribution in [3.63, 3.8) is 0 Å². The molecule has 6 nitrogen and oxygen atoms in total. The van der Waals surface area contributed by atoms with Gasteiger partial charge in [0.2, 0.25) is 5.91 Å². The molecule has 0 aliphatic heterocycles. The van der Waals surface area contributed by atoms with E-state index in [1.54, 1.807) is 6.08 Å². The summed E-state index contributed by atoms with van der Waals surface area (Å²) in [7, 11) is 0. The van der Waals surface area contributed by atoms with Crippen LogP contribution in [0.1, 0.15) is 284 Å². The lowest BCUT2D eigenvalue weighted by molar-refractivity contribution is -0.143. The molecular formula is C54H103NO5. The maximum absolute atomic E-state index is 12.4. The van der Waals surface area contributed by atoms with Gasteiger partial charge in [-0.2, -0.15) is 0 Å². The van der Waals surface area contributed by atoms with Crippen LogP contribution >= 0.6 is 0 Å². The van der Waals surface area contributed by atoms with Gasteiger partial charge in [0.05, 0.1) is 25.4 Å². The number of aliphatic hydroxyl groups excluding tert-OH is 2. The maximum Gasteiger partial charge on any atom is 0.305 e. The van der Waals surface area contributed by atoms with Gasteiger partial charge in [-0.25, -0.2) is 0 Å². The van der Waals surface area contributed by atoms with Gasteiger partial charge in [0.15, 0.2) is 0 Å². The highest BCUT2D eigenvalue weighted by atomic mass is 16.5. The predicted octanol–water partition coefficient (Wildman–Crippen LogP) is 15.9. The molecule has 3 N–H and O–H groups in total. The zero-order valence-electron chi connectivity index (χ0n) is 40.2. The largest absolute Gasteiger partial charge is 0.466 e. The summed E-state index contributed by atoms with van der Waals surface area (Å²) in [5, 5.41) is 23.1. The van der Waals surface area contributed by atoms with E-state index in [0.717, 1.165) is 57.8 Å². The first-order chi connectivity index (χ1) is 29.5. The lowest BCUT2D eigenvalue weighted by atomic mass is 10.0. The van der Waals surface area contributed by atoms with Crippen LogP contribution in [0, 0.1) is 0 Å². The summed E-state index contributed by atoms with van der Waals surface area (Å²) >= 11 is 0. The highest BCUT2D eigenvalue weighted by Crippen LogP contribution is 2.16. The Morgan fingerprint density at radius 1 is 0.450 bits per heavy atom. The van der Waals surface area contributed by atoms with Gasteiger partial charge in [-0.15, -0.1) is 0 Å². The van der Waals surface area contributed by atoms with Gasteiger partial charge in [0, 0.05) is 12.8 Å². The Labute approximate surface area is 373 Å². The van der Waals surface area contributed by atoms with E-state index in [2.05, 4.69) is 31.3 Å². The van der Waals surface area contributed by atoms with Crippen LogP contribution in [0.15, 0.2) is 24.3 Å². The zero-order chi connectivity index (χ0) is 43.7. The molecule has 0 saturated carbocycles. The van der Waals surface area contributed by atoms with Gasteiger partial charge in [0.1, 0.15) is 0 Å². The first kappa shape index (κ1) is 58.3. The Morgan fingerprint density at radius 3 is 1.22 bits per heavy atom. The number of allylic oxidation sites excluding steroid dienone is 3. The fraction of sp³-hybridized carbons (Fsp3) is 0.889. The third-order valence-corrected chi connectivity index (χ3v) is 12.2. The van der Waals surface area contributed by atoms with E-state index in [-0.39, 0.29) is 18.5 Å². The third-order valence-electron chi connectivity index (χ3n) is 12.2. The van der Waals surface area contributed by atoms with Crippen LogP contribution in [0.3, 0.4) is 0 Å².